The first-order valence-electron chi connectivity index (χ1n) is 8.38. The largest absolute Gasteiger partial charge is 0.497 e. The third kappa shape index (κ3) is 4.34. The van der Waals surface area contributed by atoms with Crippen LogP contribution in [-0.4, -0.2) is 13.7 Å². The first-order chi connectivity index (χ1) is 11.4. The molecule has 2 aromatic carbocycles. The van der Waals surface area contributed by atoms with Crippen molar-refractivity contribution < 1.29 is 9.47 Å². The van der Waals surface area contributed by atoms with Crippen molar-refractivity contribution in [2.45, 2.75) is 39.0 Å². The van der Waals surface area contributed by atoms with Crippen molar-refractivity contribution in [2.24, 2.45) is 0 Å². The molecule has 0 aromatic heterocycles. The summed E-state index contributed by atoms with van der Waals surface area (Å²) in [6.45, 7) is 7.05. The van der Waals surface area contributed by atoms with E-state index in [1.165, 1.54) is 0 Å². The predicted octanol–water partition coefficient (Wildman–Crippen LogP) is 4.56. The Morgan fingerprint density at radius 1 is 0.875 bits per heavy atom. The van der Waals surface area contributed by atoms with Gasteiger partial charge in [-0.05, 0) is 53.6 Å². The van der Waals surface area contributed by atoms with Crippen molar-refractivity contribution in [2.75, 3.05) is 25.2 Å². The van der Waals surface area contributed by atoms with Crippen LogP contribution in [0.25, 0.3) is 0 Å². The van der Waals surface area contributed by atoms with E-state index in [-0.39, 0.29) is 0 Å². The average molecular weight is 328 g/mol. The molecule has 0 heterocycles. The van der Waals surface area contributed by atoms with E-state index in [4.69, 9.17) is 20.9 Å². The zero-order chi connectivity index (χ0) is 17.7. The molecule has 0 aliphatic heterocycles. The predicted molar refractivity (Wildman–Crippen MR) is 101 cm³/mol. The Bertz CT molecular complexity index is 683. The fraction of sp³-hybridized carbons (Fsp3) is 0.400. The highest BCUT2D eigenvalue weighted by molar-refractivity contribution is 5.53. The number of anilines is 2. The summed E-state index contributed by atoms with van der Waals surface area (Å²) >= 11 is 0. The van der Waals surface area contributed by atoms with Gasteiger partial charge in [0.15, 0.2) is 0 Å². The van der Waals surface area contributed by atoms with Gasteiger partial charge < -0.3 is 20.9 Å². The van der Waals surface area contributed by atoms with E-state index in [1.54, 1.807) is 7.11 Å². The maximum atomic E-state index is 6.12. The molecule has 4 nitrogen and oxygen atoms in total. The van der Waals surface area contributed by atoms with E-state index in [2.05, 4.69) is 20.8 Å². The number of hydrogen-bond acceptors (Lipinski definition) is 4. The molecular weight excluding hydrogens is 300 g/mol. The normalized spacial score (nSPS) is 12.2. The molecule has 0 saturated carbocycles. The zero-order valence-electron chi connectivity index (χ0n) is 15.0. The Morgan fingerprint density at radius 2 is 1.58 bits per heavy atom. The molecule has 0 saturated heterocycles. The Kier molecular flexibility index (Phi) is 5.96. The minimum atomic E-state index is 0.314. The highest BCUT2D eigenvalue weighted by Crippen LogP contribution is 2.29. The molecule has 4 N–H and O–H groups in total. The van der Waals surface area contributed by atoms with E-state index in [9.17, 15) is 0 Å². The second-order valence-corrected chi connectivity index (χ2v) is 6.48. The molecule has 24 heavy (non-hydrogen) atoms. The lowest BCUT2D eigenvalue weighted by molar-refractivity contribution is 0.300. The van der Waals surface area contributed by atoms with Crippen LogP contribution in [0.4, 0.5) is 11.4 Å². The van der Waals surface area contributed by atoms with Gasteiger partial charge in [-0.1, -0.05) is 26.8 Å². The third-order valence-corrected chi connectivity index (χ3v) is 4.32. The molecule has 0 amide bonds. The van der Waals surface area contributed by atoms with E-state index < -0.39 is 0 Å². The van der Waals surface area contributed by atoms with Gasteiger partial charge >= 0.3 is 0 Å². The van der Waals surface area contributed by atoms with Crippen molar-refractivity contribution in [3.8, 4) is 11.5 Å². The van der Waals surface area contributed by atoms with Gasteiger partial charge in [0.05, 0.1) is 13.7 Å². The molecule has 0 aliphatic carbocycles. The number of ether oxygens (including phenoxy) is 2. The molecule has 0 aliphatic rings. The maximum absolute atomic E-state index is 6.12. The van der Waals surface area contributed by atoms with Gasteiger partial charge in [0.25, 0.3) is 0 Å². The number of hydrogen-bond donors (Lipinski definition) is 2. The lowest BCUT2D eigenvalue weighted by Gasteiger charge is -2.17. The topological polar surface area (TPSA) is 70.5 Å². The van der Waals surface area contributed by atoms with Crippen molar-refractivity contribution in [1.82, 2.24) is 0 Å². The highest BCUT2D eigenvalue weighted by Gasteiger charge is 2.11. The van der Waals surface area contributed by atoms with Crippen molar-refractivity contribution in [3.05, 3.63) is 47.5 Å². The van der Waals surface area contributed by atoms with E-state index in [0.717, 1.165) is 40.4 Å². The molecule has 0 bridgehead atoms. The fourth-order valence-corrected chi connectivity index (χ4v) is 2.78. The summed E-state index contributed by atoms with van der Waals surface area (Å²) in [6.07, 6.45) is 0.887. The minimum Gasteiger partial charge on any atom is -0.497 e. The monoisotopic (exact) mass is 328 g/mol. The van der Waals surface area contributed by atoms with Crippen LogP contribution in [0, 0.1) is 0 Å². The summed E-state index contributed by atoms with van der Waals surface area (Å²) in [7, 11) is 1.64. The van der Waals surface area contributed by atoms with Crippen LogP contribution in [0.2, 0.25) is 0 Å². The Labute approximate surface area is 144 Å². The molecule has 2 rings (SSSR count). The van der Waals surface area contributed by atoms with E-state index in [0.29, 0.717) is 18.4 Å². The maximum Gasteiger partial charge on any atom is 0.120 e. The summed E-state index contributed by atoms with van der Waals surface area (Å²) < 4.78 is 11.1. The molecule has 4 heteroatoms. The van der Waals surface area contributed by atoms with Gasteiger partial charge in [-0.25, -0.2) is 0 Å². The van der Waals surface area contributed by atoms with Crippen LogP contribution in [0.3, 0.4) is 0 Å². The molecule has 0 radical (unpaired) electrons. The number of methoxy groups -OCH3 is 1. The Morgan fingerprint density at radius 3 is 2.21 bits per heavy atom. The third-order valence-electron chi connectivity index (χ3n) is 4.32. The van der Waals surface area contributed by atoms with Crippen LogP contribution in [0.1, 0.15) is 50.2 Å². The number of nitrogens with two attached hydrogens (primary N) is 2. The molecule has 0 fully saturated rings. The van der Waals surface area contributed by atoms with Crippen LogP contribution >= 0.6 is 0 Å². The minimum absolute atomic E-state index is 0.314. The van der Waals surface area contributed by atoms with Gasteiger partial charge in [-0.15, -0.1) is 0 Å². The zero-order valence-corrected chi connectivity index (χ0v) is 15.0. The highest BCUT2D eigenvalue weighted by atomic mass is 16.5. The summed E-state index contributed by atoms with van der Waals surface area (Å²) in [5.74, 6) is 2.34. The second-order valence-electron chi connectivity index (χ2n) is 6.48. The van der Waals surface area contributed by atoms with Crippen molar-refractivity contribution in [3.63, 3.8) is 0 Å². The lowest BCUT2D eigenvalue weighted by atomic mass is 9.96. The van der Waals surface area contributed by atoms with Gasteiger partial charge in [-0.3, -0.25) is 0 Å². The van der Waals surface area contributed by atoms with Crippen LogP contribution in [0.15, 0.2) is 36.4 Å². The van der Waals surface area contributed by atoms with Crippen LogP contribution in [-0.2, 0) is 0 Å². The summed E-state index contributed by atoms with van der Waals surface area (Å²) in [4.78, 5) is 0. The van der Waals surface area contributed by atoms with Gasteiger partial charge in [0.1, 0.15) is 11.5 Å². The number of benzene rings is 2. The molecule has 1 atom stereocenters. The van der Waals surface area contributed by atoms with Gasteiger partial charge in [-0.2, -0.15) is 0 Å². The smallest absolute Gasteiger partial charge is 0.120 e. The lowest BCUT2D eigenvalue weighted by Crippen LogP contribution is -2.06. The number of rotatable bonds is 7. The molecule has 130 valence electrons. The quantitative estimate of drug-likeness (QED) is 0.731. The summed E-state index contributed by atoms with van der Waals surface area (Å²) in [5, 5.41) is 0. The van der Waals surface area contributed by atoms with Crippen LogP contribution < -0.4 is 20.9 Å². The average Bonchev–Trinajstić information content (AvgIpc) is 2.55. The van der Waals surface area contributed by atoms with Gasteiger partial charge in [0, 0.05) is 17.4 Å². The first-order valence-corrected chi connectivity index (χ1v) is 8.38. The fourth-order valence-electron chi connectivity index (χ4n) is 2.78. The standard InChI is InChI=1S/C20H28N2O2/c1-13(2)18-11-16(6-8-19(18)21)24-10-9-14(3)17-7-5-15(23-4)12-20(17)22/h5-8,11-14H,9-10,21-22H2,1-4H3. The first kappa shape index (κ1) is 18.0. The van der Waals surface area contributed by atoms with Gasteiger partial charge in [0.2, 0.25) is 0 Å². The molecule has 2 aromatic rings. The molecule has 0 spiro atoms. The van der Waals surface area contributed by atoms with E-state index in [1.807, 2.05) is 36.4 Å². The van der Waals surface area contributed by atoms with Crippen molar-refractivity contribution in [1.29, 1.82) is 0 Å². The molecular formula is C20H28N2O2. The second kappa shape index (κ2) is 7.95. The van der Waals surface area contributed by atoms with E-state index >= 15 is 0 Å². The Balaban J connectivity index is 1.95. The SMILES string of the molecule is COc1ccc(C(C)CCOc2ccc(N)c(C(C)C)c2)c(N)c1. The van der Waals surface area contributed by atoms with Crippen molar-refractivity contribution >= 4 is 11.4 Å². The Hall–Kier alpha value is -2.36. The summed E-state index contributed by atoms with van der Waals surface area (Å²) in [6, 6.07) is 11.7. The number of nitrogen functional groups attached to an aromatic ring is 2. The summed E-state index contributed by atoms with van der Waals surface area (Å²) in [5.41, 5.74) is 15.9. The molecule has 1 unspecified atom stereocenters. The van der Waals surface area contributed by atoms with Crippen LogP contribution in [0.5, 0.6) is 11.5 Å².